The van der Waals surface area contributed by atoms with E-state index in [0.717, 1.165) is 17.4 Å². The number of rotatable bonds is 9. The molecule has 26 heavy (non-hydrogen) atoms. The molecule has 3 unspecified atom stereocenters. The summed E-state index contributed by atoms with van der Waals surface area (Å²) in [7, 11) is -1.74. The average Bonchev–Trinajstić information content (AvgIpc) is 2.59. The lowest BCUT2D eigenvalue weighted by molar-refractivity contribution is -0.113. The second-order valence-electron chi connectivity index (χ2n) is 7.92. The standard InChI is InChI=1S/C22H29FO2Si/c1-17(25-26(2,3)4)22(15-19-10-12-21(23)13-11-19)20(16-24)14-18-8-6-5-7-9-18/h5-13,16-17,20,22H,14-15H2,1-4H3. The number of hydrogen-bond donors (Lipinski definition) is 0. The Balaban J connectivity index is 2.24. The van der Waals surface area contributed by atoms with Crippen LogP contribution in [-0.2, 0) is 22.1 Å². The Hall–Kier alpha value is -1.78. The Labute approximate surface area is 157 Å². The van der Waals surface area contributed by atoms with Gasteiger partial charge in [-0.1, -0.05) is 42.5 Å². The zero-order chi connectivity index (χ0) is 19.2. The molecule has 0 heterocycles. The van der Waals surface area contributed by atoms with Crippen molar-refractivity contribution in [3.63, 3.8) is 0 Å². The normalized spacial score (nSPS) is 15.3. The molecule has 2 rings (SSSR count). The Morgan fingerprint density at radius 2 is 1.54 bits per heavy atom. The van der Waals surface area contributed by atoms with Crippen molar-refractivity contribution in [2.75, 3.05) is 0 Å². The molecule has 2 aromatic carbocycles. The van der Waals surface area contributed by atoms with Crippen LogP contribution in [0.3, 0.4) is 0 Å². The predicted octanol–water partition coefficient (Wildman–Crippen LogP) is 5.28. The van der Waals surface area contributed by atoms with E-state index in [1.54, 1.807) is 12.1 Å². The molecule has 0 fully saturated rings. The van der Waals surface area contributed by atoms with Crippen molar-refractivity contribution in [2.45, 2.75) is 45.5 Å². The van der Waals surface area contributed by atoms with Gasteiger partial charge >= 0.3 is 0 Å². The van der Waals surface area contributed by atoms with Gasteiger partial charge < -0.3 is 9.22 Å². The van der Waals surface area contributed by atoms with E-state index in [1.807, 2.05) is 18.2 Å². The van der Waals surface area contributed by atoms with Crippen molar-refractivity contribution in [3.8, 4) is 0 Å². The highest BCUT2D eigenvalue weighted by Crippen LogP contribution is 2.27. The highest BCUT2D eigenvalue weighted by molar-refractivity contribution is 6.69. The first-order valence-corrected chi connectivity index (χ1v) is 12.6. The van der Waals surface area contributed by atoms with E-state index in [1.165, 1.54) is 12.1 Å². The molecular formula is C22H29FO2Si. The monoisotopic (exact) mass is 372 g/mol. The molecule has 0 aliphatic heterocycles. The Morgan fingerprint density at radius 3 is 2.08 bits per heavy atom. The van der Waals surface area contributed by atoms with Crippen LogP contribution in [0, 0.1) is 17.7 Å². The largest absolute Gasteiger partial charge is 0.415 e. The Morgan fingerprint density at radius 1 is 0.962 bits per heavy atom. The molecule has 0 spiro atoms. The lowest BCUT2D eigenvalue weighted by Gasteiger charge is -2.33. The van der Waals surface area contributed by atoms with Crippen LogP contribution < -0.4 is 0 Å². The summed E-state index contributed by atoms with van der Waals surface area (Å²) < 4.78 is 19.6. The molecular weight excluding hydrogens is 343 g/mol. The first-order chi connectivity index (χ1) is 12.3. The van der Waals surface area contributed by atoms with Gasteiger partial charge in [0.1, 0.15) is 12.1 Å². The summed E-state index contributed by atoms with van der Waals surface area (Å²) in [6.07, 6.45) is 2.41. The lowest BCUT2D eigenvalue weighted by atomic mass is 9.80. The number of aldehydes is 1. The van der Waals surface area contributed by atoms with E-state index >= 15 is 0 Å². The fourth-order valence-corrected chi connectivity index (χ4v) is 4.68. The maximum Gasteiger partial charge on any atom is 0.184 e. The number of benzene rings is 2. The van der Waals surface area contributed by atoms with Gasteiger partial charge in [-0.05, 0) is 68.6 Å². The third-order valence-electron chi connectivity index (χ3n) is 4.57. The van der Waals surface area contributed by atoms with E-state index < -0.39 is 8.32 Å². The summed E-state index contributed by atoms with van der Waals surface area (Å²) in [4.78, 5) is 12.0. The highest BCUT2D eigenvalue weighted by Gasteiger charge is 2.31. The van der Waals surface area contributed by atoms with E-state index in [4.69, 9.17) is 4.43 Å². The lowest BCUT2D eigenvalue weighted by Crippen LogP contribution is -2.39. The molecule has 2 aromatic rings. The van der Waals surface area contributed by atoms with Crippen LogP contribution in [0.1, 0.15) is 18.1 Å². The molecule has 0 aliphatic carbocycles. The molecule has 2 nitrogen and oxygen atoms in total. The van der Waals surface area contributed by atoms with Crippen molar-refractivity contribution < 1.29 is 13.6 Å². The van der Waals surface area contributed by atoms with Gasteiger partial charge in [0.25, 0.3) is 0 Å². The summed E-state index contributed by atoms with van der Waals surface area (Å²) in [6, 6.07) is 16.6. The zero-order valence-corrected chi connectivity index (χ0v) is 17.1. The molecule has 0 saturated heterocycles. The minimum atomic E-state index is -1.74. The second-order valence-corrected chi connectivity index (χ2v) is 12.4. The predicted molar refractivity (Wildman–Crippen MR) is 107 cm³/mol. The SMILES string of the molecule is CC(O[Si](C)(C)C)C(Cc1ccc(F)cc1)C(C=O)Cc1ccccc1. The summed E-state index contributed by atoms with van der Waals surface area (Å²) in [5, 5.41) is 0. The molecule has 0 bridgehead atoms. The van der Waals surface area contributed by atoms with E-state index in [0.29, 0.717) is 12.8 Å². The van der Waals surface area contributed by atoms with Crippen molar-refractivity contribution in [2.24, 2.45) is 11.8 Å². The van der Waals surface area contributed by atoms with Gasteiger partial charge in [0.2, 0.25) is 0 Å². The van der Waals surface area contributed by atoms with E-state index in [-0.39, 0.29) is 23.8 Å². The minimum Gasteiger partial charge on any atom is -0.415 e. The van der Waals surface area contributed by atoms with Gasteiger partial charge in [-0.3, -0.25) is 0 Å². The van der Waals surface area contributed by atoms with Gasteiger partial charge in [-0.15, -0.1) is 0 Å². The van der Waals surface area contributed by atoms with Crippen LogP contribution in [0.4, 0.5) is 4.39 Å². The molecule has 0 amide bonds. The van der Waals surface area contributed by atoms with Crippen LogP contribution in [0.2, 0.25) is 19.6 Å². The first-order valence-electron chi connectivity index (χ1n) is 9.20. The number of carbonyl (C=O) groups excluding carboxylic acids is 1. The van der Waals surface area contributed by atoms with E-state index in [9.17, 15) is 9.18 Å². The van der Waals surface area contributed by atoms with Gasteiger partial charge in [0.05, 0.1) is 0 Å². The maximum absolute atomic E-state index is 13.2. The molecule has 0 N–H and O–H groups in total. The summed E-state index contributed by atoms with van der Waals surface area (Å²) in [5.41, 5.74) is 2.18. The number of halogens is 1. The highest BCUT2D eigenvalue weighted by atomic mass is 28.4. The molecule has 0 radical (unpaired) electrons. The summed E-state index contributed by atoms with van der Waals surface area (Å²) in [6.45, 7) is 8.54. The van der Waals surface area contributed by atoms with Crippen LogP contribution >= 0.6 is 0 Å². The smallest absolute Gasteiger partial charge is 0.184 e. The van der Waals surface area contributed by atoms with Crippen LogP contribution in [0.5, 0.6) is 0 Å². The summed E-state index contributed by atoms with van der Waals surface area (Å²) >= 11 is 0. The van der Waals surface area contributed by atoms with Crippen LogP contribution in [0.15, 0.2) is 54.6 Å². The van der Waals surface area contributed by atoms with Crippen molar-refractivity contribution in [3.05, 3.63) is 71.5 Å². The molecule has 0 saturated carbocycles. The summed E-state index contributed by atoms with van der Waals surface area (Å²) in [5.74, 6) is -0.341. The number of hydrogen-bond acceptors (Lipinski definition) is 2. The molecule has 0 aromatic heterocycles. The quantitative estimate of drug-likeness (QED) is 0.442. The van der Waals surface area contributed by atoms with E-state index in [2.05, 4.69) is 38.7 Å². The second kappa shape index (κ2) is 9.24. The Kier molecular flexibility index (Phi) is 7.30. The topological polar surface area (TPSA) is 26.3 Å². The minimum absolute atomic E-state index is 0.0365. The van der Waals surface area contributed by atoms with Gasteiger partial charge in [0.15, 0.2) is 8.32 Å². The van der Waals surface area contributed by atoms with Crippen LogP contribution in [0.25, 0.3) is 0 Å². The van der Waals surface area contributed by atoms with Crippen molar-refractivity contribution >= 4 is 14.6 Å². The van der Waals surface area contributed by atoms with Gasteiger partial charge in [-0.2, -0.15) is 0 Å². The fourth-order valence-electron chi connectivity index (χ4n) is 3.39. The fraction of sp³-hybridized carbons (Fsp3) is 0.409. The molecule has 3 atom stereocenters. The van der Waals surface area contributed by atoms with Crippen LogP contribution in [-0.4, -0.2) is 20.7 Å². The molecule has 0 aliphatic rings. The third-order valence-corrected chi connectivity index (χ3v) is 5.64. The Bertz CT molecular complexity index is 680. The van der Waals surface area contributed by atoms with Gasteiger partial charge in [-0.25, -0.2) is 4.39 Å². The van der Waals surface area contributed by atoms with Crippen molar-refractivity contribution in [1.29, 1.82) is 0 Å². The number of carbonyl (C=O) groups is 1. The maximum atomic E-state index is 13.2. The van der Waals surface area contributed by atoms with Crippen molar-refractivity contribution in [1.82, 2.24) is 0 Å². The average molecular weight is 373 g/mol. The molecule has 4 heteroatoms. The third kappa shape index (κ3) is 6.50. The first kappa shape index (κ1) is 20.5. The van der Waals surface area contributed by atoms with Gasteiger partial charge in [0, 0.05) is 12.0 Å². The molecule has 140 valence electrons. The zero-order valence-electron chi connectivity index (χ0n) is 16.1.